The predicted octanol–water partition coefficient (Wildman–Crippen LogP) is 4.14. The van der Waals surface area contributed by atoms with Crippen molar-refractivity contribution in [3.05, 3.63) is 71.6 Å². The molecule has 0 aliphatic heterocycles. The van der Waals surface area contributed by atoms with E-state index in [4.69, 9.17) is 16.3 Å². The van der Waals surface area contributed by atoms with E-state index in [-0.39, 0.29) is 6.73 Å². The SMILES string of the molecule is Cc1ccc(Cl)c(OCn2ccc(-c3nc4c5ccccc5ncn4n3)n2)c1. The minimum Gasteiger partial charge on any atom is -0.470 e. The molecule has 28 heavy (non-hydrogen) atoms. The van der Waals surface area contributed by atoms with Gasteiger partial charge in [-0.05, 0) is 42.8 Å². The van der Waals surface area contributed by atoms with Crippen LogP contribution in [0.5, 0.6) is 5.75 Å². The number of hydrogen-bond acceptors (Lipinski definition) is 5. The number of aryl methyl sites for hydroxylation is 1. The van der Waals surface area contributed by atoms with Gasteiger partial charge >= 0.3 is 0 Å². The number of aromatic nitrogens is 6. The van der Waals surface area contributed by atoms with Gasteiger partial charge < -0.3 is 4.74 Å². The Labute approximate surface area is 165 Å². The molecule has 0 fully saturated rings. The monoisotopic (exact) mass is 390 g/mol. The standard InChI is InChI=1S/C20H15ClN6O/c1-13-6-7-15(21)18(10-13)28-12-26-9-8-17(24-26)19-23-20-14-4-2-3-5-16(14)22-11-27(20)25-19/h2-11H,12H2,1H3. The summed E-state index contributed by atoms with van der Waals surface area (Å²) in [4.78, 5) is 9.04. The first-order valence-corrected chi connectivity index (χ1v) is 9.08. The van der Waals surface area contributed by atoms with E-state index in [0.717, 1.165) is 22.1 Å². The smallest absolute Gasteiger partial charge is 0.202 e. The van der Waals surface area contributed by atoms with Gasteiger partial charge in [-0.2, -0.15) is 5.10 Å². The van der Waals surface area contributed by atoms with Crippen LogP contribution < -0.4 is 4.74 Å². The molecule has 7 nitrogen and oxygen atoms in total. The van der Waals surface area contributed by atoms with Gasteiger partial charge in [0.2, 0.25) is 5.82 Å². The molecule has 0 unspecified atom stereocenters. The second-order valence-electron chi connectivity index (χ2n) is 6.41. The van der Waals surface area contributed by atoms with Crippen molar-refractivity contribution in [2.45, 2.75) is 13.7 Å². The molecule has 0 saturated carbocycles. The average Bonchev–Trinajstić information content (AvgIpc) is 3.35. The number of benzene rings is 2. The second kappa shape index (κ2) is 6.61. The first-order chi connectivity index (χ1) is 13.7. The molecule has 0 N–H and O–H groups in total. The van der Waals surface area contributed by atoms with Gasteiger partial charge in [0.1, 0.15) is 17.8 Å². The largest absolute Gasteiger partial charge is 0.470 e. The summed E-state index contributed by atoms with van der Waals surface area (Å²) in [7, 11) is 0. The second-order valence-corrected chi connectivity index (χ2v) is 6.82. The van der Waals surface area contributed by atoms with E-state index in [1.165, 1.54) is 0 Å². The van der Waals surface area contributed by atoms with E-state index < -0.39 is 0 Å². The van der Waals surface area contributed by atoms with Crippen LogP contribution in [0.15, 0.2) is 61.1 Å². The molecule has 5 rings (SSSR count). The van der Waals surface area contributed by atoms with Gasteiger partial charge in [-0.3, -0.25) is 0 Å². The number of halogens is 1. The highest BCUT2D eigenvalue weighted by Gasteiger charge is 2.12. The van der Waals surface area contributed by atoms with Crippen molar-refractivity contribution >= 4 is 28.2 Å². The Hall–Kier alpha value is -3.45. The summed E-state index contributed by atoms with van der Waals surface area (Å²) in [6.07, 6.45) is 3.48. The van der Waals surface area contributed by atoms with Gasteiger partial charge in [-0.15, -0.1) is 5.10 Å². The summed E-state index contributed by atoms with van der Waals surface area (Å²) in [5.41, 5.74) is 3.36. The lowest BCUT2D eigenvalue weighted by Gasteiger charge is -2.08. The lowest BCUT2D eigenvalue weighted by molar-refractivity contribution is 0.221. The van der Waals surface area contributed by atoms with Gasteiger partial charge in [0.25, 0.3) is 0 Å². The number of para-hydroxylation sites is 1. The molecule has 3 aromatic heterocycles. The average molecular weight is 391 g/mol. The van der Waals surface area contributed by atoms with E-state index in [0.29, 0.717) is 22.3 Å². The molecular weight excluding hydrogens is 376 g/mol. The van der Waals surface area contributed by atoms with E-state index in [9.17, 15) is 0 Å². The van der Waals surface area contributed by atoms with Gasteiger partial charge in [0, 0.05) is 11.6 Å². The zero-order valence-corrected chi connectivity index (χ0v) is 15.7. The minimum absolute atomic E-state index is 0.237. The third kappa shape index (κ3) is 2.95. The highest BCUT2D eigenvalue weighted by molar-refractivity contribution is 6.32. The number of rotatable bonds is 4. The van der Waals surface area contributed by atoms with Gasteiger partial charge in [0.05, 0.1) is 10.5 Å². The van der Waals surface area contributed by atoms with E-state index in [1.54, 1.807) is 15.5 Å². The zero-order valence-electron chi connectivity index (χ0n) is 15.0. The van der Waals surface area contributed by atoms with Crippen LogP contribution in [0.1, 0.15) is 5.56 Å². The summed E-state index contributed by atoms with van der Waals surface area (Å²) >= 11 is 6.17. The van der Waals surface area contributed by atoms with Crippen LogP contribution in [-0.4, -0.2) is 29.4 Å². The number of fused-ring (bicyclic) bond motifs is 3. The molecule has 0 saturated heterocycles. The Kier molecular flexibility index (Phi) is 3.95. The van der Waals surface area contributed by atoms with Crippen molar-refractivity contribution in [1.82, 2.24) is 29.4 Å². The molecule has 0 radical (unpaired) electrons. The van der Waals surface area contributed by atoms with Crippen LogP contribution in [0, 0.1) is 6.92 Å². The third-order valence-electron chi connectivity index (χ3n) is 4.39. The summed E-state index contributed by atoms with van der Waals surface area (Å²) in [5, 5.41) is 10.5. The summed E-state index contributed by atoms with van der Waals surface area (Å²) in [6, 6.07) is 15.3. The maximum Gasteiger partial charge on any atom is 0.202 e. The fraction of sp³-hybridized carbons (Fsp3) is 0.100. The van der Waals surface area contributed by atoms with Crippen molar-refractivity contribution in [1.29, 1.82) is 0 Å². The fourth-order valence-corrected chi connectivity index (χ4v) is 3.17. The molecular formula is C20H15ClN6O. The molecule has 138 valence electrons. The fourth-order valence-electron chi connectivity index (χ4n) is 3.00. The van der Waals surface area contributed by atoms with Crippen LogP contribution in [0.3, 0.4) is 0 Å². The Morgan fingerprint density at radius 1 is 1.07 bits per heavy atom. The molecule has 0 spiro atoms. The Morgan fingerprint density at radius 2 is 1.96 bits per heavy atom. The first kappa shape index (κ1) is 16.7. The third-order valence-corrected chi connectivity index (χ3v) is 4.70. The highest BCUT2D eigenvalue weighted by Crippen LogP contribution is 2.25. The predicted molar refractivity (Wildman–Crippen MR) is 106 cm³/mol. The molecule has 3 heterocycles. The van der Waals surface area contributed by atoms with Crippen molar-refractivity contribution in [3.8, 4) is 17.3 Å². The van der Waals surface area contributed by atoms with Crippen LogP contribution in [0.25, 0.3) is 28.1 Å². The van der Waals surface area contributed by atoms with Crippen LogP contribution >= 0.6 is 11.6 Å². The topological polar surface area (TPSA) is 70.1 Å². The van der Waals surface area contributed by atoms with Gasteiger partial charge in [-0.25, -0.2) is 19.2 Å². The van der Waals surface area contributed by atoms with Crippen molar-refractivity contribution < 1.29 is 4.74 Å². The quantitative estimate of drug-likeness (QED) is 0.461. The lowest BCUT2D eigenvalue weighted by Crippen LogP contribution is -2.06. The Morgan fingerprint density at radius 3 is 2.89 bits per heavy atom. The zero-order chi connectivity index (χ0) is 19.1. The maximum atomic E-state index is 6.17. The summed E-state index contributed by atoms with van der Waals surface area (Å²) in [5.74, 6) is 1.16. The first-order valence-electron chi connectivity index (χ1n) is 8.70. The summed E-state index contributed by atoms with van der Waals surface area (Å²) in [6.45, 7) is 2.23. The van der Waals surface area contributed by atoms with Crippen molar-refractivity contribution in [3.63, 3.8) is 0 Å². The van der Waals surface area contributed by atoms with Crippen molar-refractivity contribution in [2.75, 3.05) is 0 Å². The molecule has 0 atom stereocenters. The molecule has 0 bridgehead atoms. The molecule has 8 heteroatoms. The summed E-state index contributed by atoms with van der Waals surface area (Å²) < 4.78 is 9.12. The minimum atomic E-state index is 0.237. The number of hydrogen-bond donors (Lipinski definition) is 0. The van der Waals surface area contributed by atoms with Gasteiger partial charge in [0.15, 0.2) is 12.4 Å². The van der Waals surface area contributed by atoms with Crippen LogP contribution in [-0.2, 0) is 6.73 Å². The van der Waals surface area contributed by atoms with Gasteiger partial charge in [-0.1, -0.05) is 29.8 Å². The molecule has 5 aromatic rings. The molecule has 0 aliphatic rings. The molecule has 0 amide bonds. The molecule has 2 aromatic carbocycles. The maximum absolute atomic E-state index is 6.17. The highest BCUT2D eigenvalue weighted by atomic mass is 35.5. The van der Waals surface area contributed by atoms with Crippen LogP contribution in [0.4, 0.5) is 0 Å². The number of ether oxygens (including phenoxy) is 1. The van der Waals surface area contributed by atoms with E-state index in [2.05, 4.69) is 20.2 Å². The Bertz CT molecular complexity index is 1310. The Balaban J connectivity index is 1.43. The lowest BCUT2D eigenvalue weighted by atomic mass is 10.2. The van der Waals surface area contributed by atoms with Crippen LogP contribution in [0.2, 0.25) is 5.02 Å². The molecule has 0 aliphatic carbocycles. The van der Waals surface area contributed by atoms with Crippen molar-refractivity contribution in [2.24, 2.45) is 0 Å². The normalized spacial score (nSPS) is 11.4. The van der Waals surface area contributed by atoms with E-state index >= 15 is 0 Å². The van der Waals surface area contributed by atoms with E-state index in [1.807, 2.05) is 61.7 Å². The number of nitrogens with zero attached hydrogens (tertiary/aromatic N) is 6.